The van der Waals surface area contributed by atoms with E-state index in [2.05, 4.69) is 36.2 Å². The van der Waals surface area contributed by atoms with E-state index in [9.17, 15) is 4.79 Å². The van der Waals surface area contributed by atoms with Gasteiger partial charge in [0, 0.05) is 10.9 Å². The molecular weight excluding hydrogens is 258 g/mol. The second-order valence-corrected chi connectivity index (χ2v) is 5.47. The Labute approximate surface area is 114 Å². The van der Waals surface area contributed by atoms with Gasteiger partial charge in [0.05, 0.1) is 16.1 Å². The van der Waals surface area contributed by atoms with Gasteiger partial charge in [-0.15, -0.1) is 11.3 Å². The summed E-state index contributed by atoms with van der Waals surface area (Å²) in [5, 5.41) is 10.1. The number of fused-ring (bicyclic) bond motifs is 1. The van der Waals surface area contributed by atoms with E-state index in [1.54, 1.807) is 23.5 Å². The fourth-order valence-electron chi connectivity index (χ4n) is 1.96. The molecule has 0 saturated heterocycles. The van der Waals surface area contributed by atoms with Gasteiger partial charge in [-0.3, -0.25) is 4.98 Å². The number of pyridine rings is 1. The van der Waals surface area contributed by atoms with Crippen molar-refractivity contribution in [3.05, 3.63) is 53.7 Å². The van der Waals surface area contributed by atoms with Crippen LogP contribution in [0.5, 0.6) is 0 Å². The van der Waals surface area contributed by atoms with Crippen LogP contribution < -0.4 is 0 Å². The molecule has 3 aromatic rings. The van der Waals surface area contributed by atoms with Crippen LogP contribution in [0.1, 0.15) is 15.9 Å². The quantitative estimate of drug-likeness (QED) is 0.765. The molecule has 2 heterocycles. The highest BCUT2D eigenvalue weighted by molar-refractivity contribution is 7.22. The number of carboxylic acid groups (broad SMARTS) is 1. The summed E-state index contributed by atoms with van der Waals surface area (Å²) in [5.41, 5.74) is 2.25. The minimum absolute atomic E-state index is 0.209. The molecule has 94 valence electrons. The average molecular weight is 269 g/mol. The SMILES string of the molecule is Cc1ccc2sc(-c3ccc(C(=O)O)cn3)cc2c1. The highest BCUT2D eigenvalue weighted by Gasteiger charge is 2.07. The van der Waals surface area contributed by atoms with Gasteiger partial charge in [0.1, 0.15) is 0 Å². The maximum Gasteiger partial charge on any atom is 0.337 e. The van der Waals surface area contributed by atoms with Crippen LogP contribution in [0.15, 0.2) is 42.6 Å². The van der Waals surface area contributed by atoms with Gasteiger partial charge in [0.15, 0.2) is 0 Å². The zero-order valence-corrected chi connectivity index (χ0v) is 11.1. The molecule has 0 unspecified atom stereocenters. The van der Waals surface area contributed by atoms with E-state index < -0.39 is 5.97 Å². The second kappa shape index (κ2) is 4.48. The predicted octanol–water partition coefficient (Wildman–Crippen LogP) is 3.97. The number of hydrogen-bond donors (Lipinski definition) is 1. The van der Waals surface area contributed by atoms with Gasteiger partial charge in [-0.25, -0.2) is 4.79 Å². The first-order valence-corrected chi connectivity index (χ1v) is 6.65. The molecule has 19 heavy (non-hydrogen) atoms. The summed E-state index contributed by atoms with van der Waals surface area (Å²) in [6.07, 6.45) is 1.40. The molecule has 0 saturated carbocycles. The Morgan fingerprint density at radius 1 is 1.21 bits per heavy atom. The number of aryl methyl sites for hydroxylation is 1. The van der Waals surface area contributed by atoms with Crippen LogP contribution in [0.25, 0.3) is 20.7 Å². The van der Waals surface area contributed by atoms with Gasteiger partial charge in [0.25, 0.3) is 0 Å². The van der Waals surface area contributed by atoms with Gasteiger partial charge >= 0.3 is 5.97 Å². The Bertz CT molecular complexity index is 759. The first-order chi connectivity index (χ1) is 9.13. The zero-order valence-electron chi connectivity index (χ0n) is 10.3. The third kappa shape index (κ3) is 2.22. The Hall–Kier alpha value is -2.20. The van der Waals surface area contributed by atoms with Crippen LogP contribution in [0, 0.1) is 6.92 Å². The normalized spacial score (nSPS) is 10.8. The van der Waals surface area contributed by atoms with Crippen molar-refractivity contribution in [1.29, 1.82) is 0 Å². The fraction of sp³-hybridized carbons (Fsp3) is 0.0667. The fourth-order valence-corrected chi connectivity index (χ4v) is 2.98. The van der Waals surface area contributed by atoms with Crippen LogP contribution in [-0.2, 0) is 0 Å². The van der Waals surface area contributed by atoms with Crippen LogP contribution in [0.3, 0.4) is 0 Å². The largest absolute Gasteiger partial charge is 0.478 e. The molecule has 0 atom stereocenters. The smallest absolute Gasteiger partial charge is 0.337 e. The molecule has 3 nitrogen and oxygen atoms in total. The van der Waals surface area contributed by atoms with Gasteiger partial charge in [-0.1, -0.05) is 17.7 Å². The number of aromatic nitrogens is 1. The molecule has 0 aliphatic rings. The highest BCUT2D eigenvalue weighted by atomic mass is 32.1. The van der Waals surface area contributed by atoms with Crippen molar-refractivity contribution in [3.63, 3.8) is 0 Å². The number of nitrogens with zero attached hydrogens (tertiary/aromatic N) is 1. The van der Waals surface area contributed by atoms with E-state index in [0.29, 0.717) is 0 Å². The molecule has 3 rings (SSSR count). The molecule has 0 spiro atoms. The van der Waals surface area contributed by atoms with Crippen molar-refractivity contribution >= 4 is 27.4 Å². The first kappa shape index (κ1) is 11.9. The van der Waals surface area contributed by atoms with Gasteiger partial charge in [-0.05, 0) is 36.6 Å². The molecule has 1 N–H and O–H groups in total. The zero-order chi connectivity index (χ0) is 13.4. The van der Waals surface area contributed by atoms with Crippen LogP contribution in [-0.4, -0.2) is 16.1 Å². The monoisotopic (exact) mass is 269 g/mol. The number of carboxylic acids is 1. The van der Waals surface area contributed by atoms with E-state index in [1.807, 2.05) is 0 Å². The molecule has 0 aliphatic carbocycles. The Morgan fingerprint density at radius 2 is 2.05 bits per heavy atom. The number of aromatic carboxylic acids is 1. The maximum absolute atomic E-state index is 10.8. The predicted molar refractivity (Wildman–Crippen MR) is 76.8 cm³/mol. The number of carbonyl (C=O) groups is 1. The number of rotatable bonds is 2. The Balaban J connectivity index is 2.06. The maximum atomic E-state index is 10.8. The van der Waals surface area contributed by atoms with Gasteiger partial charge in [-0.2, -0.15) is 0 Å². The van der Waals surface area contributed by atoms with E-state index in [4.69, 9.17) is 5.11 Å². The molecule has 1 aromatic carbocycles. The molecule has 0 fully saturated rings. The summed E-state index contributed by atoms with van der Waals surface area (Å²) in [5.74, 6) is -0.953. The number of benzene rings is 1. The summed E-state index contributed by atoms with van der Waals surface area (Å²) in [4.78, 5) is 16.1. The van der Waals surface area contributed by atoms with E-state index in [-0.39, 0.29) is 5.56 Å². The molecule has 4 heteroatoms. The molecule has 0 radical (unpaired) electrons. The number of hydrogen-bond acceptors (Lipinski definition) is 3. The lowest BCUT2D eigenvalue weighted by Crippen LogP contribution is -1.96. The molecule has 0 amide bonds. The lowest BCUT2D eigenvalue weighted by molar-refractivity contribution is 0.0696. The van der Waals surface area contributed by atoms with E-state index >= 15 is 0 Å². The summed E-state index contributed by atoms with van der Waals surface area (Å²) < 4.78 is 1.21. The van der Waals surface area contributed by atoms with Crippen molar-refractivity contribution in [3.8, 4) is 10.6 Å². The van der Waals surface area contributed by atoms with Crippen LogP contribution >= 0.6 is 11.3 Å². The molecule has 0 aliphatic heterocycles. The van der Waals surface area contributed by atoms with Crippen molar-refractivity contribution < 1.29 is 9.90 Å². The Morgan fingerprint density at radius 3 is 2.74 bits per heavy atom. The van der Waals surface area contributed by atoms with Crippen LogP contribution in [0.2, 0.25) is 0 Å². The second-order valence-electron chi connectivity index (χ2n) is 4.39. The Kier molecular flexibility index (Phi) is 2.80. The standard InChI is InChI=1S/C15H11NO2S/c1-9-2-5-13-11(6-9)7-14(19-13)12-4-3-10(8-16-12)15(17)18/h2-8H,1H3,(H,17,18). The van der Waals surface area contributed by atoms with Crippen molar-refractivity contribution in [2.24, 2.45) is 0 Å². The topological polar surface area (TPSA) is 50.2 Å². The summed E-state index contributed by atoms with van der Waals surface area (Å²) in [6.45, 7) is 2.07. The van der Waals surface area contributed by atoms with Crippen LogP contribution in [0.4, 0.5) is 0 Å². The summed E-state index contributed by atoms with van der Waals surface area (Å²) >= 11 is 1.66. The third-order valence-electron chi connectivity index (χ3n) is 2.93. The van der Waals surface area contributed by atoms with E-state index in [0.717, 1.165) is 10.6 Å². The minimum Gasteiger partial charge on any atom is -0.478 e. The molecular formula is C15H11NO2S. The third-order valence-corrected chi connectivity index (χ3v) is 4.07. The van der Waals surface area contributed by atoms with Gasteiger partial charge in [0.2, 0.25) is 0 Å². The molecule has 2 aromatic heterocycles. The first-order valence-electron chi connectivity index (χ1n) is 5.83. The minimum atomic E-state index is -0.953. The van der Waals surface area contributed by atoms with Crippen molar-refractivity contribution in [2.75, 3.05) is 0 Å². The average Bonchev–Trinajstić information content (AvgIpc) is 2.81. The lowest BCUT2D eigenvalue weighted by atomic mass is 10.1. The lowest BCUT2D eigenvalue weighted by Gasteiger charge is -1.97. The summed E-state index contributed by atoms with van der Waals surface area (Å²) in [7, 11) is 0. The van der Waals surface area contributed by atoms with Crippen molar-refractivity contribution in [2.45, 2.75) is 6.92 Å². The summed E-state index contributed by atoms with van der Waals surface area (Å²) in [6, 6.07) is 11.8. The van der Waals surface area contributed by atoms with Crippen molar-refractivity contribution in [1.82, 2.24) is 4.98 Å². The number of thiophene rings is 1. The van der Waals surface area contributed by atoms with E-state index in [1.165, 1.54) is 21.8 Å². The van der Waals surface area contributed by atoms with Gasteiger partial charge < -0.3 is 5.11 Å². The highest BCUT2D eigenvalue weighted by Crippen LogP contribution is 2.32. The molecule has 0 bridgehead atoms.